The van der Waals surface area contributed by atoms with E-state index in [4.69, 9.17) is 5.73 Å². The van der Waals surface area contributed by atoms with E-state index in [9.17, 15) is 0 Å². The van der Waals surface area contributed by atoms with Crippen molar-refractivity contribution in [3.63, 3.8) is 0 Å². The summed E-state index contributed by atoms with van der Waals surface area (Å²) in [5.74, 6) is 1.68. The standard InChI is InChI=1S/C17H32N2/c1-14-4-5-15(13-18)16(12-14)19-10-8-17(9-11-19)6-2-3-7-17/h14-16H,2-13,18H2,1H3. The Balaban J connectivity index is 1.60. The molecule has 3 atom stereocenters. The van der Waals surface area contributed by atoms with Gasteiger partial charge in [-0.25, -0.2) is 0 Å². The first kappa shape index (κ1) is 13.9. The Morgan fingerprint density at radius 1 is 1.05 bits per heavy atom. The van der Waals surface area contributed by atoms with E-state index in [0.29, 0.717) is 0 Å². The smallest absolute Gasteiger partial charge is 0.0138 e. The van der Waals surface area contributed by atoms with Crippen LogP contribution in [0.15, 0.2) is 0 Å². The molecule has 3 rings (SSSR count). The van der Waals surface area contributed by atoms with Crippen LogP contribution >= 0.6 is 0 Å². The van der Waals surface area contributed by atoms with Gasteiger partial charge in [0.05, 0.1) is 0 Å². The average molecular weight is 264 g/mol. The molecular weight excluding hydrogens is 232 g/mol. The maximum absolute atomic E-state index is 6.03. The molecule has 2 nitrogen and oxygen atoms in total. The van der Waals surface area contributed by atoms with Crippen LogP contribution in [0.1, 0.15) is 64.7 Å². The number of nitrogens with two attached hydrogens (primary N) is 1. The minimum Gasteiger partial charge on any atom is -0.330 e. The van der Waals surface area contributed by atoms with Gasteiger partial charge in [0, 0.05) is 6.04 Å². The number of hydrogen-bond acceptors (Lipinski definition) is 2. The van der Waals surface area contributed by atoms with Crippen molar-refractivity contribution >= 4 is 0 Å². The van der Waals surface area contributed by atoms with Crippen LogP contribution in [-0.2, 0) is 0 Å². The molecule has 2 heteroatoms. The lowest BCUT2D eigenvalue weighted by Gasteiger charge is -2.47. The molecular formula is C17H32N2. The van der Waals surface area contributed by atoms with E-state index in [0.717, 1.165) is 29.8 Å². The van der Waals surface area contributed by atoms with Crippen LogP contribution in [0.2, 0.25) is 0 Å². The van der Waals surface area contributed by atoms with Crippen molar-refractivity contribution in [3.05, 3.63) is 0 Å². The number of hydrogen-bond donors (Lipinski definition) is 1. The van der Waals surface area contributed by atoms with E-state index >= 15 is 0 Å². The first-order valence-electron chi connectivity index (χ1n) is 8.67. The monoisotopic (exact) mass is 264 g/mol. The molecule has 110 valence electrons. The van der Waals surface area contributed by atoms with Crippen molar-refractivity contribution in [2.24, 2.45) is 23.0 Å². The van der Waals surface area contributed by atoms with Gasteiger partial charge < -0.3 is 10.6 Å². The molecule has 2 aliphatic carbocycles. The molecule has 3 unspecified atom stereocenters. The summed E-state index contributed by atoms with van der Waals surface area (Å²) in [6.45, 7) is 6.04. The molecule has 19 heavy (non-hydrogen) atoms. The van der Waals surface area contributed by atoms with E-state index in [2.05, 4.69) is 11.8 Å². The molecule has 1 saturated heterocycles. The molecule has 2 N–H and O–H groups in total. The summed E-state index contributed by atoms with van der Waals surface area (Å²) in [6.07, 6.45) is 13.1. The molecule has 3 aliphatic rings. The SMILES string of the molecule is CC1CCC(CN)C(N2CCC3(CCCC3)CC2)C1. The van der Waals surface area contributed by atoms with Crippen LogP contribution in [0.25, 0.3) is 0 Å². The number of nitrogens with zero attached hydrogens (tertiary/aromatic N) is 1. The van der Waals surface area contributed by atoms with E-state index < -0.39 is 0 Å². The second-order valence-electron chi connectivity index (χ2n) is 7.72. The topological polar surface area (TPSA) is 29.3 Å². The van der Waals surface area contributed by atoms with Gasteiger partial charge in [-0.15, -0.1) is 0 Å². The third-order valence-electron chi connectivity index (χ3n) is 6.51. The Kier molecular flexibility index (Phi) is 4.19. The first-order valence-corrected chi connectivity index (χ1v) is 8.67. The van der Waals surface area contributed by atoms with E-state index in [1.165, 1.54) is 70.9 Å². The Labute approximate surface area is 119 Å². The lowest BCUT2D eigenvalue weighted by molar-refractivity contribution is 0.0272. The lowest BCUT2D eigenvalue weighted by Crippen LogP contribution is -2.51. The largest absolute Gasteiger partial charge is 0.330 e. The second-order valence-corrected chi connectivity index (χ2v) is 7.72. The summed E-state index contributed by atoms with van der Waals surface area (Å²) in [4.78, 5) is 2.82. The number of piperidine rings is 1. The Morgan fingerprint density at radius 3 is 2.37 bits per heavy atom. The van der Waals surface area contributed by atoms with Gasteiger partial charge >= 0.3 is 0 Å². The van der Waals surface area contributed by atoms with Gasteiger partial charge in [0.2, 0.25) is 0 Å². The lowest BCUT2D eigenvalue weighted by atomic mass is 9.74. The molecule has 1 spiro atoms. The summed E-state index contributed by atoms with van der Waals surface area (Å²) < 4.78 is 0. The fourth-order valence-corrected chi connectivity index (χ4v) is 5.09. The second kappa shape index (κ2) is 5.73. The van der Waals surface area contributed by atoms with Gasteiger partial charge in [-0.05, 0) is 75.4 Å². The van der Waals surface area contributed by atoms with Crippen LogP contribution < -0.4 is 5.73 Å². The molecule has 0 aromatic rings. The molecule has 0 aromatic carbocycles. The first-order chi connectivity index (χ1) is 9.22. The van der Waals surface area contributed by atoms with Crippen molar-refractivity contribution in [2.75, 3.05) is 19.6 Å². The predicted octanol–water partition coefficient (Wildman–Crippen LogP) is 3.41. The van der Waals surface area contributed by atoms with Gasteiger partial charge in [0.15, 0.2) is 0 Å². The predicted molar refractivity (Wildman–Crippen MR) is 81.1 cm³/mol. The van der Waals surface area contributed by atoms with Crippen molar-refractivity contribution in [3.8, 4) is 0 Å². The third-order valence-corrected chi connectivity index (χ3v) is 6.51. The maximum Gasteiger partial charge on any atom is 0.0138 e. The van der Waals surface area contributed by atoms with Crippen molar-refractivity contribution in [1.82, 2.24) is 4.90 Å². The minimum absolute atomic E-state index is 0.759. The summed E-state index contributed by atoms with van der Waals surface area (Å²) in [5, 5.41) is 0. The molecule has 3 fully saturated rings. The Bertz CT molecular complexity index is 286. The quantitative estimate of drug-likeness (QED) is 0.828. The third kappa shape index (κ3) is 2.85. The normalized spacial score (nSPS) is 39.8. The van der Waals surface area contributed by atoms with Crippen molar-refractivity contribution in [2.45, 2.75) is 70.8 Å². The van der Waals surface area contributed by atoms with Gasteiger partial charge in [0.1, 0.15) is 0 Å². The van der Waals surface area contributed by atoms with Crippen LogP contribution in [-0.4, -0.2) is 30.6 Å². The summed E-state index contributed by atoms with van der Waals surface area (Å²) in [5.41, 5.74) is 6.79. The highest BCUT2D eigenvalue weighted by molar-refractivity contribution is 4.94. The highest BCUT2D eigenvalue weighted by Crippen LogP contribution is 2.47. The van der Waals surface area contributed by atoms with Gasteiger partial charge in [-0.1, -0.05) is 26.2 Å². The molecule has 1 aliphatic heterocycles. The zero-order valence-electron chi connectivity index (χ0n) is 12.7. The Hall–Kier alpha value is -0.0800. The highest BCUT2D eigenvalue weighted by atomic mass is 15.2. The molecule has 0 radical (unpaired) electrons. The summed E-state index contributed by atoms with van der Waals surface area (Å²) >= 11 is 0. The van der Waals surface area contributed by atoms with Crippen LogP contribution in [0.5, 0.6) is 0 Å². The van der Waals surface area contributed by atoms with Crippen LogP contribution in [0.3, 0.4) is 0 Å². The molecule has 1 heterocycles. The van der Waals surface area contributed by atoms with Crippen LogP contribution in [0.4, 0.5) is 0 Å². The van der Waals surface area contributed by atoms with E-state index in [1.54, 1.807) is 0 Å². The zero-order valence-corrected chi connectivity index (χ0v) is 12.7. The fraction of sp³-hybridized carbons (Fsp3) is 1.00. The number of likely N-dealkylation sites (tertiary alicyclic amines) is 1. The molecule has 0 aromatic heterocycles. The van der Waals surface area contributed by atoms with Gasteiger partial charge in [-0.3, -0.25) is 0 Å². The van der Waals surface area contributed by atoms with Gasteiger partial charge in [0.25, 0.3) is 0 Å². The Morgan fingerprint density at radius 2 is 1.74 bits per heavy atom. The summed E-state index contributed by atoms with van der Waals surface area (Å²) in [7, 11) is 0. The zero-order chi connectivity index (χ0) is 13.3. The van der Waals surface area contributed by atoms with E-state index in [1.807, 2.05) is 0 Å². The van der Waals surface area contributed by atoms with E-state index in [-0.39, 0.29) is 0 Å². The molecule has 2 saturated carbocycles. The summed E-state index contributed by atoms with van der Waals surface area (Å²) in [6, 6.07) is 0.799. The number of rotatable bonds is 2. The maximum atomic E-state index is 6.03. The van der Waals surface area contributed by atoms with Crippen LogP contribution in [0, 0.1) is 17.3 Å². The highest BCUT2D eigenvalue weighted by Gasteiger charge is 2.40. The fourth-order valence-electron chi connectivity index (χ4n) is 5.09. The minimum atomic E-state index is 0.759. The van der Waals surface area contributed by atoms with Gasteiger partial charge in [-0.2, -0.15) is 0 Å². The molecule has 0 bridgehead atoms. The van der Waals surface area contributed by atoms with Crippen molar-refractivity contribution < 1.29 is 0 Å². The van der Waals surface area contributed by atoms with Crippen molar-refractivity contribution in [1.29, 1.82) is 0 Å². The average Bonchev–Trinajstić information content (AvgIpc) is 2.88. The molecule has 0 amide bonds.